The average molecular weight is 748 g/mol. The predicted molar refractivity (Wildman–Crippen MR) is 175 cm³/mol. The molecule has 2 unspecified atom stereocenters. The molecule has 0 radical (unpaired) electrons. The Bertz CT molecular complexity index is 666. The first-order valence-corrected chi connectivity index (χ1v) is 19.9. The molecule has 0 saturated heterocycles. The summed E-state index contributed by atoms with van der Waals surface area (Å²) >= 11 is 0. The fourth-order valence-electron chi connectivity index (χ4n) is 5.09. The first kappa shape index (κ1) is 46.8. The molecule has 0 amide bonds. The van der Waals surface area contributed by atoms with Crippen molar-refractivity contribution in [1.82, 2.24) is 0 Å². The van der Waals surface area contributed by atoms with Crippen molar-refractivity contribution in [2.24, 2.45) is 0 Å². The van der Waals surface area contributed by atoms with Crippen molar-refractivity contribution in [3.8, 4) is 0 Å². The van der Waals surface area contributed by atoms with Crippen molar-refractivity contribution in [2.75, 3.05) is 0 Å². The standard InChI is InChI=1S/2C16H34O3S.Ba/c2*1-3-5-7-8-9-10-11-12-13-15-16(14-6-4-2)20(17,18)19;/h2*16H,3-15H2,1-2H3,(H,17,18,19);/q;;+2/p-2. The molecule has 0 heterocycles. The summed E-state index contributed by atoms with van der Waals surface area (Å²) in [7, 11) is -8.19. The molecule has 0 aromatic carbocycles. The summed E-state index contributed by atoms with van der Waals surface area (Å²) in [6.45, 7) is 8.48. The van der Waals surface area contributed by atoms with Gasteiger partial charge in [0.2, 0.25) is 0 Å². The summed E-state index contributed by atoms with van der Waals surface area (Å²) in [4.78, 5) is 0. The van der Waals surface area contributed by atoms with E-state index in [9.17, 15) is 25.9 Å². The molecule has 0 saturated carbocycles. The summed E-state index contributed by atoms with van der Waals surface area (Å²) in [6.07, 6.45) is 27.6. The predicted octanol–water partition coefficient (Wildman–Crippen LogP) is 9.64. The largest absolute Gasteiger partial charge is 2.00 e. The van der Waals surface area contributed by atoms with Gasteiger partial charge in [0.1, 0.15) is 0 Å². The van der Waals surface area contributed by atoms with E-state index < -0.39 is 30.7 Å². The van der Waals surface area contributed by atoms with Crippen molar-refractivity contribution in [2.45, 2.75) is 205 Å². The molecule has 244 valence electrons. The Morgan fingerprint density at radius 2 is 0.561 bits per heavy atom. The summed E-state index contributed by atoms with van der Waals surface area (Å²) < 4.78 is 66.9. The van der Waals surface area contributed by atoms with Crippen LogP contribution < -0.4 is 0 Å². The number of rotatable bonds is 28. The smallest absolute Gasteiger partial charge is 0.748 e. The Labute approximate surface area is 297 Å². The Morgan fingerprint density at radius 3 is 0.780 bits per heavy atom. The third-order valence-electron chi connectivity index (χ3n) is 7.84. The second-order valence-corrected chi connectivity index (χ2v) is 15.1. The van der Waals surface area contributed by atoms with Gasteiger partial charge in [0, 0.05) is 10.5 Å². The van der Waals surface area contributed by atoms with Crippen LogP contribution in [0.3, 0.4) is 0 Å². The molecule has 2 atom stereocenters. The molecule has 6 nitrogen and oxygen atoms in total. The van der Waals surface area contributed by atoms with Crippen LogP contribution in [0.5, 0.6) is 0 Å². The third-order valence-corrected chi connectivity index (χ3v) is 10.4. The average Bonchev–Trinajstić information content (AvgIpc) is 2.89. The van der Waals surface area contributed by atoms with Crippen LogP contribution in [0.25, 0.3) is 0 Å². The van der Waals surface area contributed by atoms with E-state index in [4.69, 9.17) is 0 Å². The molecule has 0 spiro atoms. The molecular weight excluding hydrogens is 682 g/mol. The van der Waals surface area contributed by atoms with Gasteiger partial charge in [0.25, 0.3) is 0 Å². The second-order valence-electron chi connectivity index (χ2n) is 11.7. The fourth-order valence-corrected chi connectivity index (χ4v) is 6.92. The minimum absolute atomic E-state index is 0. The molecule has 0 aliphatic carbocycles. The van der Waals surface area contributed by atoms with Crippen LogP contribution in [0.15, 0.2) is 0 Å². The molecule has 0 aromatic heterocycles. The summed E-state index contributed by atoms with van der Waals surface area (Å²) in [5.41, 5.74) is 0. The topological polar surface area (TPSA) is 114 Å². The van der Waals surface area contributed by atoms with Crippen LogP contribution in [0.4, 0.5) is 0 Å². The third kappa shape index (κ3) is 34.1. The molecular formula is C32H66BaO6S2. The van der Waals surface area contributed by atoms with E-state index in [1.165, 1.54) is 89.9 Å². The first-order valence-electron chi connectivity index (χ1n) is 16.9. The van der Waals surface area contributed by atoms with Crippen LogP contribution in [0.2, 0.25) is 0 Å². The summed E-state index contributed by atoms with van der Waals surface area (Å²) in [6, 6.07) is 0. The molecule has 0 aliphatic rings. The molecule has 0 aliphatic heterocycles. The fraction of sp³-hybridized carbons (Fsp3) is 1.00. The van der Waals surface area contributed by atoms with Gasteiger partial charge >= 0.3 is 48.9 Å². The zero-order valence-electron chi connectivity index (χ0n) is 27.5. The normalized spacial score (nSPS) is 13.2. The van der Waals surface area contributed by atoms with Crippen molar-refractivity contribution in [1.29, 1.82) is 0 Å². The molecule has 0 fully saturated rings. The Balaban J connectivity index is -0.000000688. The molecule has 0 aromatic rings. The van der Waals surface area contributed by atoms with E-state index in [1.807, 2.05) is 13.8 Å². The van der Waals surface area contributed by atoms with Crippen LogP contribution in [-0.2, 0) is 20.2 Å². The van der Waals surface area contributed by atoms with Crippen molar-refractivity contribution >= 4 is 69.1 Å². The van der Waals surface area contributed by atoms with Gasteiger partial charge in [0.15, 0.2) is 0 Å². The van der Waals surface area contributed by atoms with Crippen molar-refractivity contribution in [3.63, 3.8) is 0 Å². The van der Waals surface area contributed by atoms with Gasteiger partial charge in [-0.15, -0.1) is 0 Å². The zero-order chi connectivity index (χ0) is 30.5. The van der Waals surface area contributed by atoms with Gasteiger partial charge in [-0.2, -0.15) is 0 Å². The molecule has 41 heavy (non-hydrogen) atoms. The Hall–Kier alpha value is 1.39. The monoisotopic (exact) mass is 748 g/mol. The first-order chi connectivity index (χ1) is 19.0. The maximum atomic E-state index is 11.1. The van der Waals surface area contributed by atoms with Gasteiger partial charge in [-0.3, -0.25) is 0 Å². The van der Waals surface area contributed by atoms with Crippen LogP contribution >= 0.6 is 0 Å². The maximum absolute atomic E-state index is 11.1. The molecule has 0 rings (SSSR count). The zero-order valence-corrected chi connectivity index (χ0v) is 33.6. The van der Waals surface area contributed by atoms with E-state index in [-0.39, 0.29) is 48.9 Å². The maximum Gasteiger partial charge on any atom is 2.00 e. The second kappa shape index (κ2) is 32.8. The SMILES string of the molecule is CCCCCCCCCCCC(CCCC)S(=O)(=O)[O-].CCCCCCCCCCCC(CCCC)S(=O)(=O)[O-].[Ba+2]. The van der Waals surface area contributed by atoms with Gasteiger partial charge < -0.3 is 9.11 Å². The van der Waals surface area contributed by atoms with E-state index in [1.54, 1.807) is 0 Å². The van der Waals surface area contributed by atoms with Crippen LogP contribution in [0.1, 0.15) is 195 Å². The van der Waals surface area contributed by atoms with E-state index in [0.29, 0.717) is 25.7 Å². The molecule has 0 bridgehead atoms. The summed E-state index contributed by atoms with van der Waals surface area (Å²) in [5.74, 6) is 0. The Morgan fingerprint density at radius 1 is 0.366 bits per heavy atom. The minimum atomic E-state index is -4.09. The van der Waals surface area contributed by atoms with E-state index in [2.05, 4.69) is 13.8 Å². The number of unbranched alkanes of at least 4 members (excludes halogenated alkanes) is 18. The summed E-state index contributed by atoms with van der Waals surface area (Å²) in [5, 5.41) is -1.29. The Kier molecular flexibility index (Phi) is 37.4. The van der Waals surface area contributed by atoms with Crippen LogP contribution in [0, 0.1) is 0 Å². The van der Waals surface area contributed by atoms with E-state index >= 15 is 0 Å². The minimum Gasteiger partial charge on any atom is -0.748 e. The van der Waals surface area contributed by atoms with Gasteiger partial charge in [-0.05, 0) is 25.7 Å². The molecule has 0 N–H and O–H groups in total. The quantitative estimate of drug-likeness (QED) is 0.0447. The van der Waals surface area contributed by atoms with Gasteiger partial charge in [-0.25, -0.2) is 16.8 Å². The number of hydrogen-bond acceptors (Lipinski definition) is 6. The van der Waals surface area contributed by atoms with Crippen molar-refractivity contribution in [3.05, 3.63) is 0 Å². The van der Waals surface area contributed by atoms with Gasteiger partial charge in [-0.1, -0.05) is 169 Å². The van der Waals surface area contributed by atoms with Crippen molar-refractivity contribution < 1.29 is 25.9 Å². The molecule has 9 heteroatoms. The number of hydrogen-bond donors (Lipinski definition) is 0. The van der Waals surface area contributed by atoms with Gasteiger partial charge in [0.05, 0.1) is 20.2 Å². The van der Waals surface area contributed by atoms with Crippen LogP contribution in [-0.4, -0.2) is 85.3 Å². The van der Waals surface area contributed by atoms with E-state index in [0.717, 1.165) is 51.4 Å².